The van der Waals surface area contributed by atoms with E-state index in [1.165, 1.54) is 102 Å². The maximum Gasteiger partial charge on any atom is 0.133 e. The summed E-state index contributed by atoms with van der Waals surface area (Å²) in [6, 6.07) is 45.8. The van der Waals surface area contributed by atoms with Crippen LogP contribution in [0.4, 0.5) is 0 Å². The monoisotopic (exact) mass is 654 g/mol. The van der Waals surface area contributed by atoms with E-state index in [1.807, 2.05) is 23.5 Å². The minimum atomic E-state index is -1.22. The second-order valence-corrected chi connectivity index (χ2v) is 14.5. The number of hydrogen-bond acceptors (Lipinski definition) is 2. The second kappa shape index (κ2) is 16.5. The first-order chi connectivity index (χ1) is 23.7. The third-order valence-corrected chi connectivity index (χ3v) is 11.6. The summed E-state index contributed by atoms with van der Waals surface area (Å²) in [6.07, 6.45) is 12.2. The zero-order valence-corrected chi connectivity index (χ0v) is 30.4. The lowest BCUT2D eigenvalue weighted by atomic mass is 9.13. The summed E-state index contributed by atoms with van der Waals surface area (Å²) in [4.78, 5) is 0. The molecule has 1 atom stereocenters. The number of ether oxygens (including phenoxy) is 2. The molecule has 0 bridgehead atoms. The average molecular weight is 655 g/mol. The van der Waals surface area contributed by atoms with Gasteiger partial charge in [-0.05, 0) is 37.5 Å². The van der Waals surface area contributed by atoms with E-state index in [0.717, 1.165) is 11.5 Å². The molecule has 0 spiro atoms. The number of benzene rings is 5. The van der Waals surface area contributed by atoms with Crippen LogP contribution < -0.4 is 36.6 Å². The molecule has 248 valence electrons. The molecule has 0 aliphatic heterocycles. The highest BCUT2D eigenvalue weighted by Crippen LogP contribution is 2.47. The molecular formula is C44H52BO2P. The Hall–Kier alpha value is -3.81. The minimum Gasteiger partial charge on any atom is -0.496 e. The summed E-state index contributed by atoms with van der Waals surface area (Å²) < 4.78 is 11.8. The van der Waals surface area contributed by atoms with Crippen LogP contribution in [0.2, 0.25) is 0 Å². The van der Waals surface area contributed by atoms with E-state index in [0.29, 0.717) is 11.8 Å². The van der Waals surface area contributed by atoms with Crippen molar-refractivity contribution in [3.8, 4) is 11.5 Å². The van der Waals surface area contributed by atoms with Crippen molar-refractivity contribution in [3.63, 3.8) is 0 Å². The molecule has 7 rings (SSSR count). The summed E-state index contributed by atoms with van der Waals surface area (Å²) in [6.45, 7) is 0. The average Bonchev–Trinajstić information content (AvgIpc) is 3.17. The highest BCUT2D eigenvalue weighted by atomic mass is 31.0. The van der Waals surface area contributed by atoms with Crippen LogP contribution in [0.1, 0.15) is 87.2 Å². The molecule has 0 heterocycles. The van der Waals surface area contributed by atoms with Gasteiger partial charge in [0.15, 0.2) is 0 Å². The maximum atomic E-state index is 6.03. The standard InChI is InChI=1S/C24H20B.C20H31O2P/c1-5-13-21(14-6-1)25(22-15-7-2-8-16-22,23-17-9-3-10-18-23)24-19-11-4-12-20-24;1-21-16-13-17(23)19(15-11-7-4-8-12-15)20(22-2)18(16)14-9-5-3-6-10-14/h1-20H;13-15H,3-12,23H2,1-2H3/q-1;/p+1. The van der Waals surface area contributed by atoms with E-state index in [2.05, 4.69) is 127 Å². The van der Waals surface area contributed by atoms with Gasteiger partial charge in [-0.25, -0.2) is 0 Å². The Morgan fingerprint density at radius 2 is 0.833 bits per heavy atom. The molecule has 2 fully saturated rings. The van der Waals surface area contributed by atoms with E-state index in [9.17, 15) is 0 Å². The van der Waals surface area contributed by atoms with Crippen LogP contribution in [0.3, 0.4) is 0 Å². The highest BCUT2D eigenvalue weighted by molar-refractivity contribution is 7.27. The smallest absolute Gasteiger partial charge is 0.133 e. The number of rotatable bonds is 8. The molecule has 2 aliphatic carbocycles. The van der Waals surface area contributed by atoms with Gasteiger partial charge < -0.3 is 9.47 Å². The molecule has 2 saturated carbocycles. The Labute approximate surface area is 291 Å². The lowest BCUT2D eigenvalue weighted by molar-refractivity contribution is 0.350. The van der Waals surface area contributed by atoms with Gasteiger partial charge in [-0.1, -0.05) is 160 Å². The fraction of sp³-hybridized carbons (Fsp3) is 0.318. The molecule has 1 unspecified atom stereocenters. The molecule has 0 saturated heterocycles. The molecule has 48 heavy (non-hydrogen) atoms. The van der Waals surface area contributed by atoms with Gasteiger partial charge in [-0.3, -0.25) is 0 Å². The van der Waals surface area contributed by atoms with Crippen LogP contribution >= 0.6 is 9.24 Å². The van der Waals surface area contributed by atoms with E-state index in [4.69, 9.17) is 9.47 Å². The molecule has 2 aliphatic rings. The lowest BCUT2D eigenvalue weighted by Crippen LogP contribution is -2.74. The first-order valence-corrected chi connectivity index (χ1v) is 18.9. The maximum absolute atomic E-state index is 6.03. The van der Waals surface area contributed by atoms with Crippen molar-refractivity contribution in [3.05, 3.63) is 139 Å². The van der Waals surface area contributed by atoms with Gasteiger partial charge in [0, 0.05) is 26.4 Å². The fourth-order valence-electron chi connectivity index (χ4n) is 8.84. The van der Waals surface area contributed by atoms with Crippen molar-refractivity contribution in [1.82, 2.24) is 0 Å². The molecule has 0 aromatic heterocycles. The molecule has 0 amide bonds. The first-order valence-electron chi connectivity index (χ1n) is 18.2. The van der Waals surface area contributed by atoms with Gasteiger partial charge in [0.2, 0.25) is 0 Å². The Balaban J connectivity index is 0.000000168. The van der Waals surface area contributed by atoms with Gasteiger partial charge in [-0.2, -0.15) is 21.9 Å². The van der Waals surface area contributed by atoms with E-state index in [1.54, 1.807) is 0 Å². The third-order valence-electron chi connectivity index (χ3n) is 11.1. The van der Waals surface area contributed by atoms with Crippen LogP contribution in [0.15, 0.2) is 127 Å². The van der Waals surface area contributed by atoms with Crippen LogP contribution in [-0.2, 0) is 0 Å². The third kappa shape index (κ3) is 7.13. The van der Waals surface area contributed by atoms with Crippen LogP contribution in [0.5, 0.6) is 11.5 Å². The molecule has 2 nitrogen and oxygen atoms in total. The van der Waals surface area contributed by atoms with E-state index < -0.39 is 6.15 Å². The largest absolute Gasteiger partial charge is 0.496 e. The normalized spacial score (nSPS) is 15.7. The summed E-state index contributed by atoms with van der Waals surface area (Å²) in [5, 5.41) is 1.38. The predicted octanol–water partition coefficient (Wildman–Crippen LogP) is 8.10. The molecule has 5 aromatic rings. The van der Waals surface area contributed by atoms with Crippen LogP contribution in [0.25, 0.3) is 0 Å². The SMILES string of the molecule is COc1cc([PH3+])c(C2CCCCC2)c(OC)c1C1CCCCC1.c1ccc([B-](c2ccccc2)(c2ccccc2)c2ccccc2)cc1. The predicted molar refractivity (Wildman–Crippen MR) is 212 cm³/mol. The molecular weight excluding hydrogens is 602 g/mol. The highest BCUT2D eigenvalue weighted by Gasteiger charge is 2.32. The van der Waals surface area contributed by atoms with Crippen molar-refractivity contribution in [2.24, 2.45) is 0 Å². The zero-order valence-electron chi connectivity index (χ0n) is 29.0. The van der Waals surface area contributed by atoms with Crippen molar-refractivity contribution in [2.45, 2.75) is 76.0 Å². The quantitative estimate of drug-likeness (QED) is 0.124. The van der Waals surface area contributed by atoms with Gasteiger partial charge in [0.1, 0.15) is 17.6 Å². The summed E-state index contributed by atoms with van der Waals surface area (Å²) in [5.74, 6) is 3.51. The Morgan fingerprint density at radius 1 is 0.479 bits per heavy atom. The summed E-state index contributed by atoms with van der Waals surface area (Å²) >= 11 is 0. The Morgan fingerprint density at radius 3 is 1.17 bits per heavy atom. The Kier molecular flexibility index (Phi) is 11.7. The van der Waals surface area contributed by atoms with Crippen molar-refractivity contribution in [1.29, 1.82) is 0 Å². The van der Waals surface area contributed by atoms with Crippen molar-refractivity contribution in [2.75, 3.05) is 14.2 Å². The second-order valence-electron chi connectivity index (χ2n) is 13.8. The van der Waals surface area contributed by atoms with Gasteiger partial charge in [-0.15, -0.1) is 0 Å². The molecule has 5 aromatic carbocycles. The molecule has 0 radical (unpaired) electrons. The van der Waals surface area contributed by atoms with Crippen molar-refractivity contribution >= 4 is 42.5 Å². The number of hydrogen-bond donors (Lipinski definition) is 0. The van der Waals surface area contributed by atoms with Crippen LogP contribution in [0, 0.1) is 0 Å². The minimum absolute atomic E-state index is 0.611. The molecule has 0 N–H and O–H groups in total. The summed E-state index contributed by atoms with van der Waals surface area (Å²) in [7, 11) is 5.67. The van der Waals surface area contributed by atoms with E-state index >= 15 is 0 Å². The van der Waals surface area contributed by atoms with Gasteiger partial charge >= 0.3 is 0 Å². The van der Waals surface area contributed by atoms with E-state index in [-0.39, 0.29) is 0 Å². The first kappa shape index (κ1) is 34.1. The van der Waals surface area contributed by atoms with Crippen molar-refractivity contribution < 1.29 is 9.47 Å². The lowest BCUT2D eigenvalue weighted by Gasteiger charge is -2.44. The molecule has 4 heteroatoms. The van der Waals surface area contributed by atoms with Crippen LogP contribution in [-0.4, -0.2) is 20.4 Å². The van der Waals surface area contributed by atoms with Gasteiger partial charge in [0.25, 0.3) is 0 Å². The topological polar surface area (TPSA) is 18.5 Å². The summed E-state index contributed by atoms with van der Waals surface area (Å²) in [5.41, 5.74) is 8.21. The zero-order chi connectivity index (χ0) is 33.2. The fourth-order valence-corrected chi connectivity index (χ4v) is 9.48. The number of methoxy groups -OCH3 is 2. The Bertz CT molecular complexity index is 1530. The van der Waals surface area contributed by atoms with Gasteiger partial charge in [0.05, 0.1) is 19.5 Å².